The van der Waals surface area contributed by atoms with Gasteiger partial charge in [-0.2, -0.15) is 0 Å². The molecular formula is C15H13ClFNO2. The average molecular weight is 294 g/mol. The molecular weight excluding hydrogens is 281 g/mol. The van der Waals surface area contributed by atoms with E-state index in [-0.39, 0.29) is 5.56 Å². The van der Waals surface area contributed by atoms with Gasteiger partial charge in [0, 0.05) is 18.6 Å². The molecule has 5 heteroatoms. The summed E-state index contributed by atoms with van der Waals surface area (Å²) in [6, 6.07) is 11.2. The Morgan fingerprint density at radius 2 is 1.90 bits per heavy atom. The van der Waals surface area contributed by atoms with Crippen molar-refractivity contribution in [3.63, 3.8) is 0 Å². The van der Waals surface area contributed by atoms with Crippen molar-refractivity contribution in [2.24, 2.45) is 0 Å². The molecule has 2 rings (SSSR count). The predicted molar refractivity (Wildman–Crippen MR) is 76.9 cm³/mol. The number of nitrogens with zero attached hydrogens (tertiary/aromatic N) is 1. The van der Waals surface area contributed by atoms with Crippen molar-refractivity contribution in [2.45, 2.75) is 6.54 Å². The third-order valence-electron chi connectivity index (χ3n) is 2.94. The largest absolute Gasteiger partial charge is 0.478 e. The zero-order chi connectivity index (χ0) is 14.7. The molecule has 0 atom stereocenters. The van der Waals surface area contributed by atoms with E-state index >= 15 is 0 Å². The van der Waals surface area contributed by atoms with E-state index in [1.165, 1.54) is 12.1 Å². The minimum Gasteiger partial charge on any atom is -0.478 e. The van der Waals surface area contributed by atoms with Gasteiger partial charge in [0.25, 0.3) is 0 Å². The zero-order valence-corrected chi connectivity index (χ0v) is 11.6. The van der Waals surface area contributed by atoms with Crippen LogP contribution in [0.15, 0.2) is 42.5 Å². The number of benzene rings is 2. The van der Waals surface area contributed by atoms with Gasteiger partial charge in [0.1, 0.15) is 5.82 Å². The summed E-state index contributed by atoms with van der Waals surface area (Å²) in [6.07, 6.45) is 0. The van der Waals surface area contributed by atoms with Crippen LogP contribution in [0, 0.1) is 5.82 Å². The first kappa shape index (κ1) is 14.3. The summed E-state index contributed by atoms with van der Waals surface area (Å²) < 4.78 is 13.9. The molecule has 0 aromatic heterocycles. The van der Waals surface area contributed by atoms with Gasteiger partial charge in [-0.05, 0) is 35.9 Å². The van der Waals surface area contributed by atoms with Crippen LogP contribution in [-0.2, 0) is 6.54 Å². The number of hydrogen-bond acceptors (Lipinski definition) is 2. The maximum atomic E-state index is 13.9. The fraction of sp³-hybridized carbons (Fsp3) is 0.133. The first-order chi connectivity index (χ1) is 9.47. The van der Waals surface area contributed by atoms with Gasteiger partial charge in [-0.25, -0.2) is 9.18 Å². The second-order valence-corrected chi connectivity index (χ2v) is 4.89. The number of rotatable bonds is 4. The van der Waals surface area contributed by atoms with Crippen LogP contribution < -0.4 is 4.90 Å². The highest BCUT2D eigenvalue weighted by atomic mass is 35.5. The van der Waals surface area contributed by atoms with Gasteiger partial charge in [0.15, 0.2) is 0 Å². The van der Waals surface area contributed by atoms with E-state index in [0.717, 1.165) is 11.6 Å². The number of aromatic carboxylic acids is 1. The summed E-state index contributed by atoms with van der Waals surface area (Å²) in [6.45, 7) is 0.501. The lowest BCUT2D eigenvalue weighted by Gasteiger charge is -2.20. The second-order valence-electron chi connectivity index (χ2n) is 4.45. The third-order valence-corrected chi connectivity index (χ3v) is 3.19. The third kappa shape index (κ3) is 3.27. The van der Waals surface area contributed by atoms with Crippen LogP contribution in [-0.4, -0.2) is 18.1 Å². The van der Waals surface area contributed by atoms with Gasteiger partial charge in [-0.3, -0.25) is 0 Å². The van der Waals surface area contributed by atoms with Crippen LogP contribution in [0.25, 0.3) is 0 Å². The Labute approximate surface area is 121 Å². The molecule has 0 aliphatic carbocycles. The highest BCUT2D eigenvalue weighted by molar-refractivity contribution is 6.30. The molecule has 0 aliphatic rings. The van der Waals surface area contributed by atoms with E-state index in [4.69, 9.17) is 16.7 Å². The van der Waals surface area contributed by atoms with Crippen LogP contribution in [0.5, 0.6) is 0 Å². The van der Waals surface area contributed by atoms with Gasteiger partial charge in [0.05, 0.1) is 11.3 Å². The Kier molecular flexibility index (Phi) is 4.25. The Balaban J connectivity index is 2.18. The Hall–Kier alpha value is -2.07. The zero-order valence-electron chi connectivity index (χ0n) is 10.8. The molecule has 0 unspecified atom stereocenters. The lowest BCUT2D eigenvalue weighted by atomic mass is 10.1. The number of halogens is 2. The molecule has 0 saturated carbocycles. The monoisotopic (exact) mass is 293 g/mol. The molecule has 0 radical (unpaired) electrons. The Morgan fingerprint density at radius 3 is 2.45 bits per heavy atom. The topological polar surface area (TPSA) is 40.5 Å². The van der Waals surface area contributed by atoms with Crippen molar-refractivity contribution in [1.82, 2.24) is 0 Å². The molecule has 0 heterocycles. The maximum absolute atomic E-state index is 13.9. The van der Waals surface area contributed by atoms with Crippen molar-refractivity contribution >= 4 is 23.3 Å². The lowest BCUT2D eigenvalue weighted by molar-refractivity contribution is 0.0696. The van der Waals surface area contributed by atoms with E-state index < -0.39 is 11.8 Å². The molecule has 0 amide bonds. The standard InChI is InChI=1S/C15H13ClFNO2/c1-18(9-10-2-5-12(16)6-3-10)14-7-4-11(15(19)20)8-13(14)17/h2-8H,9H2,1H3,(H,19,20). The molecule has 0 bridgehead atoms. The number of carbonyl (C=O) groups is 1. The van der Waals surface area contributed by atoms with Crippen LogP contribution in [0.2, 0.25) is 5.02 Å². The van der Waals surface area contributed by atoms with E-state index in [2.05, 4.69) is 0 Å². The second kappa shape index (κ2) is 5.92. The van der Waals surface area contributed by atoms with Crippen molar-refractivity contribution in [2.75, 3.05) is 11.9 Å². The molecule has 2 aromatic rings. The average Bonchev–Trinajstić information content (AvgIpc) is 2.41. The van der Waals surface area contributed by atoms with Crippen molar-refractivity contribution < 1.29 is 14.3 Å². The van der Waals surface area contributed by atoms with Crippen molar-refractivity contribution in [3.8, 4) is 0 Å². The van der Waals surface area contributed by atoms with E-state index in [1.54, 1.807) is 24.1 Å². The molecule has 2 aromatic carbocycles. The first-order valence-electron chi connectivity index (χ1n) is 5.96. The van der Waals surface area contributed by atoms with Crippen molar-refractivity contribution in [3.05, 3.63) is 64.4 Å². The first-order valence-corrected chi connectivity index (χ1v) is 6.33. The van der Waals surface area contributed by atoms with Crippen LogP contribution in [0.1, 0.15) is 15.9 Å². The van der Waals surface area contributed by atoms with Crippen LogP contribution in [0.4, 0.5) is 10.1 Å². The molecule has 0 fully saturated rings. The predicted octanol–water partition coefficient (Wildman–Crippen LogP) is 3.81. The van der Waals surface area contributed by atoms with E-state index in [9.17, 15) is 9.18 Å². The molecule has 0 aliphatic heterocycles. The fourth-order valence-electron chi connectivity index (χ4n) is 1.90. The summed E-state index contributed by atoms with van der Waals surface area (Å²) in [5.41, 5.74) is 1.27. The highest BCUT2D eigenvalue weighted by Gasteiger charge is 2.11. The Morgan fingerprint density at radius 1 is 1.25 bits per heavy atom. The van der Waals surface area contributed by atoms with Gasteiger partial charge in [0.2, 0.25) is 0 Å². The smallest absolute Gasteiger partial charge is 0.335 e. The minimum atomic E-state index is -1.14. The van der Waals surface area contributed by atoms with E-state index in [1.807, 2.05) is 12.1 Å². The number of anilines is 1. The quantitative estimate of drug-likeness (QED) is 0.932. The molecule has 20 heavy (non-hydrogen) atoms. The summed E-state index contributed by atoms with van der Waals surface area (Å²) in [7, 11) is 1.74. The number of carboxylic acid groups (broad SMARTS) is 1. The van der Waals surface area contributed by atoms with Gasteiger partial charge in [-0.1, -0.05) is 23.7 Å². The summed E-state index contributed by atoms with van der Waals surface area (Å²) in [5, 5.41) is 9.45. The highest BCUT2D eigenvalue weighted by Crippen LogP contribution is 2.21. The van der Waals surface area contributed by atoms with Crippen molar-refractivity contribution in [1.29, 1.82) is 0 Å². The Bertz CT molecular complexity index is 628. The molecule has 1 N–H and O–H groups in total. The fourth-order valence-corrected chi connectivity index (χ4v) is 2.02. The SMILES string of the molecule is CN(Cc1ccc(Cl)cc1)c1ccc(C(=O)O)cc1F. The molecule has 0 saturated heterocycles. The van der Waals surface area contributed by atoms with Gasteiger partial charge in [-0.15, -0.1) is 0 Å². The lowest BCUT2D eigenvalue weighted by Crippen LogP contribution is -2.18. The number of hydrogen-bond donors (Lipinski definition) is 1. The normalized spacial score (nSPS) is 10.3. The number of carboxylic acids is 1. The van der Waals surface area contributed by atoms with Crippen LogP contribution in [0.3, 0.4) is 0 Å². The van der Waals surface area contributed by atoms with Crippen LogP contribution >= 0.6 is 11.6 Å². The molecule has 104 valence electrons. The minimum absolute atomic E-state index is 0.0638. The summed E-state index contributed by atoms with van der Waals surface area (Å²) in [5.74, 6) is -1.70. The maximum Gasteiger partial charge on any atom is 0.335 e. The molecule has 0 spiro atoms. The van der Waals surface area contributed by atoms with Gasteiger partial charge >= 0.3 is 5.97 Å². The molecule has 3 nitrogen and oxygen atoms in total. The summed E-state index contributed by atoms with van der Waals surface area (Å²) in [4.78, 5) is 12.5. The van der Waals surface area contributed by atoms with Gasteiger partial charge < -0.3 is 10.0 Å². The summed E-state index contributed by atoms with van der Waals surface area (Å²) >= 11 is 5.81. The van der Waals surface area contributed by atoms with E-state index in [0.29, 0.717) is 17.3 Å².